The fourth-order valence-corrected chi connectivity index (χ4v) is 2.82. The van der Waals surface area contributed by atoms with E-state index in [2.05, 4.69) is 15.0 Å². The minimum absolute atomic E-state index is 0.0942. The van der Waals surface area contributed by atoms with Crippen molar-refractivity contribution in [3.05, 3.63) is 63.2 Å². The standard InChI is InChI=1S/C18H12ClF2N3O5/c1-28-13-7-10(12(24(26)27)8-14(13)29-18(20)21)17(25)23-15-6-5-9-3-2-4-11(19)16(9)22-15/h2-8,18H,1H3,(H,22,23,25). The molecule has 1 aromatic heterocycles. The molecule has 0 saturated carbocycles. The molecule has 1 heterocycles. The van der Waals surface area contributed by atoms with E-state index in [1.54, 1.807) is 24.3 Å². The Balaban J connectivity index is 1.99. The van der Waals surface area contributed by atoms with Crippen molar-refractivity contribution in [3.63, 3.8) is 0 Å². The molecular weight excluding hydrogens is 412 g/mol. The lowest BCUT2D eigenvalue weighted by molar-refractivity contribution is -0.385. The Hall–Kier alpha value is -3.53. The monoisotopic (exact) mass is 423 g/mol. The molecule has 3 aromatic rings. The zero-order chi connectivity index (χ0) is 21.1. The van der Waals surface area contributed by atoms with Gasteiger partial charge in [-0.15, -0.1) is 0 Å². The van der Waals surface area contributed by atoms with Gasteiger partial charge in [0.2, 0.25) is 0 Å². The number of amides is 1. The smallest absolute Gasteiger partial charge is 0.387 e. The molecule has 0 atom stereocenters. The second-order valence-corrected chi connectivity index (χ2v) is 6.03. The van der Waals surface area contributed by atoms with Gasteiger partial charge in [0.15, 0.2) is 11.5 Å². The number of pyridine rings is 1. The third kappa shape index (κ3) is 4.32. The molecule has 8 nitrogen and oxygen atoms in total. The van der Waals surface area contributed by atoms with E-state index in [-0.39, 0.29) is 11.6 Å². The van der Waals surface area contributed by atoms with Gasteiger partial charge in [0.25, 0.3) is 11.6 Å². The molecule has 1 N–H and O–H groups in total. The molecule has 1 amide bonds. The van der Waals surface area contributed by atoms with Crippen molar-refractivity contribution in [2.75, 3.05) is 12.4 Å². The van der Waals surface area contributed by atoms with Gasteiger partial charge in [-0.05, 0) is 18.2 Å². The number of aromatic nitrogens is 1. The van der Waals surface area contributed by atoms with E-state index in [0.29, 0.717) is 16.6 Å². The number of halogens is 3. The lowest BCUT2D eigenvalue weighted by Gasteiger charge is -2.12. The SMILES string of the molecule is COc1cc(C(=O)Nc2ccc3cccc(Cl)c3n2)c([N+](=O)[O-])cc1OC(F)F. The first-order chi connectivity index (χ1) is 13.8. The summed E-state index contributed by atoms with van der Waals surface area (Å²) in [4.78, 5) is 27.3. The summed E-state index contributed by atoms with van der Waals surface area (Å²) in [7, 11) is 1.15. The van der Waals surface area contributed by atoms with Crippen molar-refractivity contribution in [2.45, 2.75) is 6.61 Å². The molecule has 2 aromatic carbocycles. The lowest BCUT2D eigenvalue weighted by Crippen LogP contribution is -2.15. The number of para-hydroxylation sites is 1. The first-order valence-corrected chi connectivity index (χ1v) is 8.36. The number of nitrogens with zero attached hydrogens (tertiary/aromatic N) is 2. The number of carbonyl (C=O) groups is 1. The number of methoxy groups -OCH3 is 1. The third-order valence-electron chi connectivity index (χ3n) is 3.85. The number of hydrogen-bond donors (Lipinski definition) is 1. The Kier molecular flexibility index (Phi) is 5.74. The maximum absolute atomic E-state index is 12.6. The van der Waals surface area contributed by atoms with E-state index in [0.717, 1.165) is 18.6 Å². The van der Waals surface area contributed by atoms with Crippen LogP contribution in [-0.2, 0) is 0 Å². The maximum atomic E-state index is 12.6. The molecule has 0 aliphatic heterocycles. The second-order valence-electron chi connectivity index (χ2n) is 5.62. The molecule has 3 rings (SSSR count). The number of alkyl halides is 2. The van der Waals surface area contributed by atoms with E-state index in [1.807, 2.05) is 0 Å². The van der Waals surface area contributed by atoms with Crippen molar-refractivity contribution in [3.8, 4) is 11.5 Å². The minimum atomic E-state index is -3.23. The predicted molar refractivity (Wildman–Crippen MR) is 101 cm³/mol. The fraction of sp³-hybridized carbons (Fsp3) is 0.111. The lowest BCUT2D eigenvalue weighted by atomic mass is 10.1. The van der Waals surface area contributed by atoms with Crippen LogP contribution in [0.25, 0.3) is 10.9 Å². The maximum Gasteiger partial charge on any atom is 0.387 e. The molecule has 150 valence electrons. The Morgan fingerprint density at radius 1 is 1.24 bits per heavy atom. The number of rotatable bonds is 6. The molecule has 0 bridgehead atoms. The zero-order valence-corrected chi connectivity index (χ0v) is 15.4. The van der Waals surface area contributed by atoms with E-state index in [1.165, 1.54) is 6.07 Å². The predicted octanol–water partition coefficient (Wildman–Crippen LogP) is 4.66. The first-order valence-electron chi connectivity index (χ1n) is 7.98. The molecule has 11 heteroatoms. The van der Waals surface area contributed by atoms with Gasteiger partial charge in [-0.3, -0.25) is 14.9 Å². The van der Waals surface area contributed by atoms with Crippen LogP contribution in [0, 0.1) is 10.1 Å². The van der Waals surface area contributed by atoms with E-state index >= 15 is 0 Å². The van der Waals surface area contributed by atoms with Gasteiger partial charge >= 0.3 is 6.61 Å². The van der Waals surface area contributed by atoms with Crippen molar-refractivity contribution in [1.82, 2.24) is 4.98 Å². The Labute approximate surface area is 167 Å². The number of anilines is 1. The quantitative estimate of drug-likeness (QED) is 0.457. The summed E-state index contributed by atoms with van der Waals surface area (Å²) in [6, 6.07) is 9.94. The number of hydrogen-bond acceptors (Lipinski definition) is 6. The second kappa shape index (κ2) is 8.23. The summed E-state index contributed by atoms with van der Waals surface area (Å²) < 4.78 is 34.2. The van der Waals surface area contributed by atoms with Crippen LogP contribution in [0.5, 0.6) is 11.5 Å². The van der Waals surface area contributed by atoms with Gasteiger partial charge in [-0.25, -0.2) is 4.98 Å². The summed E-state index contributed by atoms with van der Waals surface area (Å²) in [5.41, 5.74) is -0.730. The largest absolute Gasteiger partial charge is 0.493 e. The average molecular weight is 424 g/mol. The topological polar surface area (TPSA) is 104 Å². The van der Waals surface area contributed by atoms with E-state index in [4.69, 9.17) is 16.3 Å². The van der Waals surface area contributed by atoms with Crippen molar-refractivity contribution in [2.24, 2.45) is 0 Å². The molecule has 0 aliphatic carbocycles. The fourth-order valence-electron chi connectivity index (χ4n) is 2.59. The zero-order valence-electron chi connectivity index (χ0n) is 14.7. The molecule has 29 heavy (non-hydrogen) atoms. The summed E-state index contributed by atoms with van der Waals surface area (Å²) in [5, 5.41) is 14.9. The third-order valence-corrected chi connectivity index (χ3v) is 4.16. The number of carbonyl (C=O) groups excluding carboxylic acids is 1. The molecular formula is C18H12ClF2N3O5. The number of nitro groups is 1. The molecule has 0 radical (unpaired) electrons. The van der Waals surface area contributed by atoms with Gasteiger partial charge in [-0.2, -0.15) is 8.78 Å². The van der Waals surface area contributed by atoms with Gasteiger partial charge in [0.05, 0.1) is 28.6 Å². The van der Waals surface area contributed by atoms with Crippen LogP contribution in [0.2, 0.25) is 5.02 Å². The Morgan fingerprint density at radius 3 is 2.66 bits per heavy atom. The Bertz CT molecular complexity index is 1110. The van der Waals surface area contributed by atoms with Crippen LogP contribution in [0.4, 0.5) is 20.3 Å². The molecule has 0 aliphatic rings. The molecule has 0 spiro atoms. The number of ether oxygens (including phenoxy) is 2. The highest BCUT2D eigenvalue weighted by Crippen LogP contribution is 2.36. The highest BCUT2D eigenvalue weighted by Gasteiger charge is 2.26. The normalized spacial score (nSPS) is 10.8. The average Bonchev–Trinajstić information content (AvgIpc) is 2.67. The van der Waals surface area contributed by atoms with Crippen LogP contribution >= 0.6 is 11.6 Å². The van der Waals surface area contributed by atoms with E-state index < -0.39 is 34.4 Å². The van der Waals surface area contributed by atoms with Crippen molar-refractivity contribution >= 4 is 39.9 Å². The van der Waals surface area contributed by atoms with Crippen LogP contribution in [-0.4, -0.2) is 29.5 Å². The van der Waals surface area contributed by atoms with Gasteiger partial charge < -0.3 is 14.8 Å². The van der Waals surface area contributed by atoms with Crippen LogP contribution in [0.3, 0.4) is 0 Å². The number of nitrogens with one attached hydrogen (secondary N) is 1. The highest BCUT2D eigenvalue weighted by atomic mass is 35.5. The van der Waals surface area contributed by atoms with E-state index in [9.17, 15) is 23.7 Å². The van der Waals surface area contributed by atoms with Crippen LogP contribution in [0.1, 0.15) is 10.4 Å². The first kappa shape index (κ1) is 20.2. The highest BCUT2D eigenvalue weighted by molar-refractivity contribution is 6.35. The summed E-state index contributed by atoms with van der Waals surface area (Å²) in [5.74, 6) is -1.63. The van der Waals surface area contributed by atoms with Crippen LogP contribution in [0.15, 0.2) is 42.5 Å². The summed E-state index contributed by atoms with van der Waals surface area (Å²) >= 11 is 6.09. The molecule has 0 unspecified atom stereocenters. The summed E-state index contributed by atoms with van der Waals surface area (Å²) in [6.45, 7) is -3.23. The molecule has 0 fully saturated rings. The Morgan fingerprint density at radius 2 is 2.00 bits per heavy atom. The van der Waals surface area contributed by atoms with Gasteiger partial charge in [0, 0.05) is 11.5 Å². The number of benzene rings is 2. The minimum Gasteiger partial charge on any atom is -0.493 e. The van der Waals surface area contributed by atoms with Gasteiger partial charge in [-0.1, -0.05) is 23.7 Å². The van der Waals surface area contributed by atoms with Crippen LogP contribution < -0.4 is 14.8 Å². The summed E-state index contributed by atoms with van der Waals surface area (Å²) in [6.07, 6.45) is 0. The van der Waals surface area contributed by atoms with Crippen molar-refractivity contribution in [1.29, 1.82) is 0 Å². The van der Waals surface area contributed by atoms with Gasteiger partial charge in [0.1, 0.15) is 11.4 Å². The number of fused-ring (bicyclic) bond motifs is 1. The molecule has 0 saturated heterocycles. The number of nitro benzene ring substituents is 1. The van der Waals surface area contributed by atoms with Crippen molar-refractivity contribution < 1.29 is 28.0 Å².